The Morgan fingerprint density at radius 2 is 1.73 bits per heavy atom. The van der Waals surface area contributed by atoms with Crippen LogP contribution in [-0.2, 0) is 6.54 Å². The van der Waals surface area contributed by atoms with E-state index in [-0.39, 0.29) is 0 Å². The van der Waals surface area contributed by atoms with E-state index in [9.17, 15) is 0 Å². The first-order chi connectivity index (χ1) is 12.7. The van der Waals surface area contributed by atoms with E-state index in [1.807, 2.05) is 35.7 Å². The summed E-state index contributed by atoms with van der Waals surface area (Å²) >= 11 is 1.81. The van der Waals surface area contributed by atoms with Crippen LogP contribution in [0.4, 0.5) is 5.95 Å². The maximum atomic E-state index is 4.75. The molecule has 0 aliphatic carbocycles. The second-order valence-electron chi connectivity index (χ2n) is 6.48. The Morgan fingerprint density at radius 3 is 2.42 bits per heavy atom. The maximum absolute atomic E-state index is 4.75. The Hall–Kier alpha value is -2.38. The number of pyridine rings is 1. The number of hydrogen-bond acceptors (Lipinski definition) is 7. The van der Waals surface area contributed by atoms with Crippen molar-refractivity contribution in [3.8, 4) is 11.3 Å². The second kappa shape index (κ2) is 7.47. The van der Waals surface area contributed by atoms with Gasteiger partial charge in [0.25, 0.3) is 0 Å². The van der Waals surface area contributed by atoms with Crippen LogP contribution in [0.5, 0.6) is 0 Å². The number of anilines is 1. The van der Waals surface area contributed by atoms with Gasteiger partial charge in [-0.2, -0.15) is 0 Å². The van der Waals surface area contributed by atoms with Gasteiger partial charge >= 0.3 is 0 Å². The summed E-state index contributed by atoms with van der Waals surface area (Å²) in [6.07, 6.45) is 5.42. The summed E-state index contributed by atoms with van der Waals surface area (Å²) in [6, 6.07) is 5.90. The van der Waals surface area contributed by atoms with Crippen molar-refractivity contribution < 1.29 is 0 Å². The summed E-state index contributed by atoms with van der Waals surface area (Å²) in [6.45, 7) is 9.08. The number of aromatic nitrogens is 4. The standard InChI is InChI=1S/C19H22N6S/c1-14-18(26-15(2)22-14)13-24-9-11-25(12-10-24)19-21-8-5-17(23-19)16-3-6-20-7-4-16/h3-8H,9-13H2,1-2H3. The van der Waals surface area contributed by atoms with Crippen molar-refractivity contribution in [1.82, 2.24) is 24.8 Å². The third-order valence-corrected chi connectivity index (χ3v) is 5.70. The van der Waals surface area contributed by atoms with Gasteiger partial charge in [0.1, 0.15) is 0 Å². The molecule has 0 atom stereocenters. The molecule has 26 heavy (non-hydrogen) atoms. The molecule has 4 rings (SSSR count). The van der Waals surface area contributed by atoms with Crippen LogP contribution in [0.15, 0.2) is 36.8 Å². The van der Waals surface area contributed by atoms with Crippen molar-refractivity contribution in [3.63, 3.8) is 0 Å². The molecule has 0 N–H and O–H groups in total. The lowest BCUT2D eigenvalue weighted by molar-refractivity contribution is 0.250. The largest absolute Gasteiger partial charge is 0.338 e. The van der Waals surface area contributed by atoms with Crippen LogP contribution >= 0.6 is 11.3 Å². The minimum absolute atomic E-state index is 0.809. The third kappa shape index (κ3) is 3.73. The normalized spacial score (nSPS) is 15.4. The van der Waals surface area contributed by atoms with Gasteiger partial charge in [0.15, 0.2) is 0 Å². The smallest absolute Gasteiger partial charge is 0.225 e. The summed E-state index contributed by atoms with van der Waals surface area (Å²) in [5, 5.41) is 1.15. The summed E-state index contributed by atoms with van der Waals surface area (Å²) in [5.41, 5.74) is 3.18. The van der Waals surface area contributed by atoms with E-state index in [1.54, 1.807) is 12.4 Å². The molecular formula is C19H22N6S. The monoisotopic (exact) mass is 366 g/mol. The molecule has 1 aliphatic heterocycles. The molecule has 0 aromatic carbocycles. The first-order valence-electron chi connectivity index (χ1n) is 8.83. The number of nitrogens with zero attached hydrogens (tertiary/aromatic N) is 6. The molecule has 0 unspecified atom stereocenters. The molecular weight excluding hydrogens is 344 g/mol. The Kier molecular flexibility index (Phi) is 4.90. The van der Waals surface area contributed by atoms with E-state index in [0.717, 1.165) is 54.9 Å². The summed E-state index contributed by atoms with van der Waals surface area (Å²) in [4.78, 5) is 24.0. The van der Waals surface area contributed by atoms with Crippen molar-refractivity contribution >= 4 is 17.3 Å². The van der Waals surface area contributed by atoms with Gasteiger partial charge in [-0.05, 0) is 32.0 Å². The molecule has 0 saturated carbocycles. The van der Waals surface area contributed by atoms with Crippen LogP contribution in [0.1, 0.15) is 15.6 Å². The van der Waals surface area contributed by atoms with Crippen LogP contribution in [-0.4, -0.2) is 51.0 Å². The molecule has 1 fully saturated rings. The van der Waals surface area contributed by atoms with Crippen LogP contribution in [0.25, 0.3) is 11.3 Å². The lowest BCUT2D eigenvalue weighted by Gasteiger charge is -2.34. The highest BCUT2D eigenvalue weighted by molar-refractivity contribution is 7.11. The third-order valence-electron chi connectivity index (χ3n) is 4.64. The van der Waals surface area contributed by atoms with Crippen LogP contribution in [0.2, 0.25) is 0 Å². The average molecular weight is 366 g/mol. The van der Waals surface area contributed by atoms with Gasteiger partial charge in [-0.3, -0.25) is 9.88 Å². The van der Waals surface area contributed by atoms with Gasteiger partial charge in [-0.15, -0.1) is 11.3 Å². The molecule has 3 aromatic heterocycles. The molecule has 1 saturated heterocycles. The Bertz CT molecular complexity index is 871. The topological polar surface area (TPSA) is 58.0 Å². The lowest BCUT2D eigenvalue weighted by Crippen LogP contribution is -2.46. The van der Waals surface area contributed by atoms with E-state index >= 15 is 0 Å². The molecule has 134 valence electrons. The predicted molar refractivity (Wildman–Crippen MR) is 104 cm³/mol. The fraction of sp³-hybridized carbons (Fsp3) is 0.368. The molecule has 0 radical (unpaired) electrons. The van der Waals surface area contributed by atoms with E-state index in [1.165, 1.54) is 10.6 Å². The van der Waals surface area contributed by atoms with E-state index in [2.05, 4.69) is 38.6 Å². The molecule has 0 amide bonds. The molecule has 7 heteroatoms. The van der Waals surface area contributed by atoms with Gasteiger partial charge in [0, 0.05) is 61.8 Å². The summed E-state index contributed by atoms with van der Waals surface area (Å²) in [7, 11) is 0. The summed E-state index contributed by atoms with van der Waals surface area (Å²) in [5.74, 6) is 0.809. The predicted octanol–water partition coefficient (Wildman–Crippen LogP) is 2.93. The zero-order valence-electron chi connectivity index (χ0n) is 15.1. The van der Waals surface area contributed by atoms with Crippen LogP contribution in [0.3, 0.4) is 0 Å². The fourth-order valence-corrected chi connectivity index (χ4v) is 4.19. The van der Waals surface area contributed by atoms with Crippen molar-refractivity contribution in [2.75, 3.05) is 31.1 Å². The zero-order valence-corrected chi connectivity index (χ0v) is 15.9. The van der Waals surface area contributed by atoms with Gasteiger partial charge < -0.3 is 4.90 Å². The molecule has 3 aromatic rings. The average Bonchev–Trinajstić information content (AvgIpc) is 3.00. The first kappa shape index (κ1) is 17.1. The minimum Gasteiger partial charge on any atom is -0.338 e. The van der Waals surface area contributed by atoms with Gasteiger partial charge in [-0.25, -0.2) is 15.0 Å². The zero-order chi connectivity index (χ0) is 17.9. The quantitative estimate of drug-likeness (QED) is 0.708. The van der Waals surface area contributed by atoms with Gasteiger partial charge in [-0.1, -0.05) is 0 Å². The lowest BCUT2D eigenvalue weighted by atomic mass is 10.2. The van der Waals surface area contributed by atoms with Crippen molar-refractivity contribution in [2.24, 2.45) is 0 Å². The highest BCUT2D eigenvalue weighted by Gasteiger charge is 2.20. The van der Waals surface area contributed by atoms with E-state index < -0.39 is 0 Å². The number of hydrogen-bond donors (Lipinski definition) is 0. The first-order valence-corrected chi connectivity index (χ1v) is 9.64. The van der Waals surface area contributed by atoms with E-state index in [0.29, 0.717) is 0 Å². The van der Waals surface area contributed by atoms with Gasteiger partial charge in [0.2, 0.25) is 5.95 Å². The molecule has 0 spiro atoms. The molecule has 6 nitrogen and oxygen atoms in total. The van der Waals surface area contributed by atoms with Crippen molar-refractivity contribution in [3.05, 3.63) is 52.4 Å². The number of rotatable bonds is 4. The van der Waals surface area contributed by atoms with Crippen molar-refractivity contribution in [2.45, 2.75) is 20.4 Å². The Balaban J connectivity index is 1.41. The number of aryl methyl sites for hydroxylation is 2. The minimum atomic E-state index is 0.809. The fourth-order valence-electron chi connectivity index (χ4n) is 3.21. The van der Waals surface area contributed by atoms with Crippen LogP contribution < -0.4 is 4.90 Å². The van der Waals surface area contributed by atoms with Crippen molar-refractivity contribution in [1.29, 1.82) is 0 Å². The molecule has 0 bridgehead atoms. The molecule has 4 heterocycles. The Labute approximate surface area is 157 Å². The summed E-state index contributed by atoms with van der Waals surface area (Å²) < 4.78 is 0. The number of piperazine rings is 1. The van der Waals surface area contributed by atoms with E-state index in [4.69, 9.17) is 4.98 Å². The Morgan fingerprint density at radius 1 is 0.962 bits per heavy atom. The SMILES string of the molecule is Cc1nc(C)c(CN2CCN(c3nccc(-c4ccncc4)n3)CC2)s1. The number of thiazole rings is 1. The molecule has 1 aliphatic rings. The second-order valence-corrected chi connectivity index (χ2v) is 7.77. The van der Waals surface area contributed by atoms with Gasteiger partial charge in [0.05, 0.1) is 16.4 Å². The maximum Gasteiger partial charge on any atom is 0.225 e. The van der Waals surface area contributed by atoms with Crippen LogP contribution in [0, 0.1) is 13.8 Å². The highest BCUT2D eigenvalue weighted by atomic mass is 32.1. The highest BCUT2D eigenvalue weighted by Crippen LogP contribution is 2.22.